The van der Waals surface area contributed by atoms with Crippen molar-refractivity contribution in [2.75, 3.05) is 5.73 Å². The predicted octanol–water partition coefficient (Wildman–Crippen LogP) is 2.54. The molecule has 0 aliphatic rings. The molecule has 0 fully saturated rings. The normalized spacial score (nSPS) is 11.0. The summed E-state index contributed by atoms with van der Waals surface area (Å²) in [6.07, 6.45) is 3.14. The predicted molar refractivity (Wildman–Crippen MR) is 121 cm³/mol. The molecule has 0 spiro atoms. The van der Waals surface area contributed by atoms with Crippen LogP contribution in [0.25, 0.3) is 32.8 Å². The Balaban J connectivity index is 0.00000231. The summed E-state index contributed by atoms with van der Waals surface area (Å²) in [6.45, 7) is 0.764. The maximum atomic E-state index is 6.30. The van der Waals surface area contributed by atoms with Crippen LogP contribution in [0.1, 0.15) is 18.4 Å². The molecule has 0 saturated carbocycles. The molecule has 1 heterocycles. The molecule has 0 amide bonds. The summed E-state index contributed by atoms with van der Waals surface area (Å²) in [6, 6.07) is 29.6. The molecule has 0 saturated heterocycles. The fourth-order valence-electron chi connectivity index (χ4n) is 4.21. The average molecular weight is 430 g/mol. The van der Waals surface area contributed by atoms with Crippen molar-refractivity contribution in [3.05, 3.63) is 90.5 Å². The third-order valence-electron chi connectivity index (χ3n) is 5.67. The largest absolute Gasteiger partial charge is 1.00 e. The quantitative estimate of drug-likeness (QED) is 0.256. The number of anilines is 1. The third-order valence-corrected chi connectivity index (χ3v) is 5.67. The van der Waals surface area contributed by atoms with E-state index in [9.17, 15) is 0 Å². The molecule has 0 bridgehead atoms. The molecular weight excluding hydrogens is 406 g/mol. The third kappa shape index (κ3) is 4.12. The van der Waals surface area contributed by atoms with Crippen LogP contribution in [-0.4, -0.2) is 5.27 Å². The van der Waals surface area contributed by atoms with Crippen molar-refractivity contribution < 1.29 is 21.6 Å². The summed E-state index contributed by atoms with van der Waals surface area (Å²) >= 11 is 0. The summed E-state index contributed by atoms with van der Waals surface area (Å²) in [5, 5.41) is 8.95. The number of nitrogens with zero attached hydrogens (tertiary/aromatic N) is 2. The van der Waals surface area contributed by atoms with Crippen LogP contribution in [-0.2, 0) is 13.0 Å². The van der Waals surface area contributed by atoms with Gasteiger partial charge in [-0.2, -0.15) is 0 Å². The maximum Gasteiger partial charge on any atom is 0.305 e. The number of rotatable bonds is 6. The Morgan fingerprint density at radius 2 is 1.39 bits per heavy atom. The Hall–Kier alpha value is -3.37. The molecule has 4 nitrogen and oxygen atoms in total. The summed E-state index contributed by atoms with van der Waals surface area (Å²) in [7, 11) is 0. The van der Waals surface area contributed by atoms with Crippen LogP contribution >= 0.6 is 0 Å². The van der Waals surface area contributed by atoms with E-state index >= 15 is 0 Å². The van der Waals surface area contributed by atoms with Gasteiger partial charge in [-0.05, 0) is 50.7 Å². The molecule has 5 rings (SSSR count). The van der Waals surface area contributed by atoms with E-state index in [0.717, 1.165) is 47.8 Å². The summed E-state index contributed by atoms with van der Waals surface area (Å²) in [5.74, 6) is 0.361. The Kier molecular flexibility index (Phi) is 6.19. The molecule has 31 heavy (non-hydrogen) atoms. The molecule has 0 unspecified atom stereocenters. The topological polar surface area (TPSA) is 55.9 Å². The lowest BCUT2D eigenvalue weighted by Crippen LogP contribution is -3.00. The number of aromatic nitrogens is 2. The van der Waals surface area contributed by atoms with Gasteiger partial charge in [-0.15, -0.1) is 0 Å². The molecule has 0 aliphatic heterocycles. The van der Waals surface area contributed by atoms with Crippen LogP contribution < -0.4 is 22.8 Å². The maximum absolute atomic E-state index is 6.30. The average Bonchev–Trinajstić information content (AvgIpc) is 3.15. The minimum absolute atomic E-state index is 0. The SMILES string of the molecule is Nc1on[n+](CCCCc2ccccc2)c1-c1c2ccccc2cc2ccccc12.[Cl-]. The standard InChI is InChI=1S/C26H24N3O.ClH/c27-26-25(29(28-30-26)17-9-8-12-19-10-2-1-3-11-19)24-22-15-6-4-13-20(22)18-21-14-5-7-16-23(21)24;/h1-7,10-11,13-16,18H,8-9,12,17,27H2;1H/q+1;/p-1. The fraction of sp³-hybridized carbons (Fsp3) is 0.154. The van der Waals surface area contributed by atoms with E-state index in [0.29, 0.717) is 5.88 Å². The number of benzene rings is 4. The van der Waals surface area contributed by atoms with Crippen molar-refractivity contribution >= 4 is 27.4 Å². The van der Waals surface area contributed by atoms with Crippen molar-refractivity contribution in [2.45, 2.75) is 25.8 Å². The molecule has 156 valence electrons. The lowest BCUT2D eigenvalue weighted by Gasteiger charge is -2.08. The number of halogens is 1. The number of nitrogens with two attached hydrogens (primary N) is 1. The number of nitrogen functional groups attached to an aromatic ring is 1. The second-order valence-corrected chi connectivity index (χ2v) is 7.65. The second kappa shape index (κ2) is 9.19. The molecule has 4 aromatic carbocycles. The van der Waals surface area contributed by atoms with Gasteiger partial charge < -0.3 is 18.1 Å². The Morgan fingerprint density at radius 1 is 0.774 bits per heavy atom. The van der Waals surface area contributed by atoms with Crippen LogP contribution in [0.3, 0.4) is 0 Å². The summed E-state index contributed by atoms with van der Waals surface area (Å²) < 4.78 is 7.38. The van der Waals surface area contributed by atoms with Crippen molar-refractivity contribution in [1.29, 1.82) is 0 Å². The van der Waals surface area contributed by atoms with E-state index in [-0.39, 0.29) is 12.4 Å². The molecule has 0 atom stereocenters. The van der Waals surface area contributed by atoms with Gasteiger partial charge in [0, 0.05) is 6.42 Å². The van der Waals surface area contributed by atoms with Crippen molar-refractivity contribution in [3.63, 3.8) is 0 Å². The number of hydrogen-bond donors (Lipinski definition) is 1. The number of fused-ring (bicyclic) bond motifs is 2. The molecular formula is C26H24ClN3O. The Bertz CT molecular complexity index is 1260. The minimum Gasteiger partial charge on any atom is -1.00 e. The van der Waals surface area contributed by atoms with Gasteiger partial charge in [-0.3, -0.25) is 4.52 Å². The molecule has 1 aromatic heterocycles. The number of unbranched alkanes of at least 4 members (excludes halogenated alkanes) is 1. The molecule has 0 aliphatic carbocycles. The molecule has 2 N–H and O–H groups in total. The summed E-state index contributed by atoms with van der Waals surface area (Å²) in [5.41, 5.74) is 9.62. The van der Waals surface area contributed by atoms with E-state index < -0.39 is 0 Å². The number of aryl methyl sites for hydroxylation is 2. The Labute approximate surface area is 187 Å². The van der Waals surface area contributed by atoms with E-state index in [1.54, 1.807) is 0 Å². The van der Waals surface area contributed by atoms with Gasteiger partial charge in [-0.25, -0.2) is 0 Å². The first-order chi connectivity index (χ1) is 14.8. The van der Waals surface area contributed by atoms with Gasteiger partial charge in [0.25, 0.3) is 0 Å². The zero-order valence-corrected chi connectivity index (χ0v) is 17.9. The highest BCUT2D eigenvalue weighted by atomic mass is 35.5. The highest BCUT2D eigenvalue weighted by Crippen LogP contribution is 2.37. The van der Waals surface area contributed by atoms with Gasteiger partial charge in [0.05, 0.1) is 5.56 Å². The molecule has 5 aromatic rings. The lowest BCUT2D eigenvalue weighted by atomic mass is 9.94. The van der Waals surface area contributed by atoms with Crippen LogP contribution in [0, 0.1) is 0 Å². The highest BCUT2D eigenvalue weighted by molar-refractivity contribution is 6.12. The molecule has 0 radical (unpaired) electrons. The van der Waals surface area contributed by atoms with Crippen molar-refractivity contribution in [3.8, 4) is 11.3 Å². The smallest absolute Gasteiger partial charge is 0.305 e. The van der Waals surface area contributed by atoms with Crippen LogP contribution in [0.2, 0.25) is 0 Å². The first-order valence-electron chi connectivity index (χ1n) is 10.4. The zero-order chi connectivity index (χ0) is 20.3. The van der Waals surface area contributed by atoms with Crippen LogP contribution in [0.15, 0.2) is 89.5 Å². The van der Waals surface area contributed by atoms with E-state index in [1.807, 2.05) is 4.68 Å². The van der Waals surface area contributed by atoms with Gasteiger partial charge in [0.15, 0.2) is 6.54 Å². The lowest BCUT2D eigenvalue weighted by molar-refractivity contribution is -0.753. The van der Waals surface area contributed by atoms with Crippen LogP contribution in [0.5, 0.6) is 0 Å². The number of hydrogen-bond acceptors (Lipinski definition) is 3. The fourth-order valence-corrected chi connectivity index (χ4v) is 4.21. The second-order valence-electron chi connectivity index (χ2n) is 7.65. The van der Waals surface area contributed by atoms with Gasteiger partial charge in [0.2, 0.25) is 5.27 Å². The van der Waals surface area contributed by atoms with E-state index in [1.165, 1.54) is 16.3 Å². The molecule has 5 heteroatoms. The zero-order valence-electron chi connectivity index (χ0n) is 17.2. The van der Waals surface area contributed by atoms with Gasteiger partial charge in [-0.1, -0.05) is 78.9 Å². The minimum atomic E-state index is 0. The van der Waals surface area contributed by atoms with Gasteiger partial charge >= 0.3 is 11.6 Å². The van der Waals surface area contributed by atoms with Gasteiger partial charge in [0.1, 0.15) is 0 Å². The Morgan fingerprint density at radius 3 is 2.06 bits per heavy atom. The van der Waals surface area contributed by atoms with E-state index in [4.69, 9.17) is 10.3 Å². The van der Waals surface area contributed by atoms with Crippen LogP contribution in [0.4, 0.5) is 5.88 Å². The highest BCUT2D eigenvalue weighted by Gasteiger charge is 2.28. The van der Waals surface area contributed by atoms with Crippen molar-refractivity contribution in [2.24, 2.45) is 0 Å². The van der Waals surface area contributed by atoms with Crippen molar-refractivity contribution in [1.82, 2.24) is 5.27 Å². The monoisotopic (exact) mass is 429 g/mol. The van der Waals surface area contributed by atoms with E-state index in [2.05, 4.69) is 90.2 Å². The summed E-state index contributed by atoms with van der Waals surface area (Å²) in [4.78, 5) is 0. The first kappa shape index (κ1) is 20.9. The first-order valence-corrected chi connectivity index (χ1v) is 10.4.